The second kappa shape index (κ2) is 10.0. The first-order valence-corrected chi connectivity index (χ1v) is 10.3. The van der Waals surface area contributed by atoms with Gasteiger partial charge in [0.25, 0.3) is 0 Å². The average Bonchev–Trinajstić information content (AvgIpc) is 3.10. The Morgan fingerprint density at radius 3 is 2.47 bits per heavy atom. The van der Waals surface area contributed by atoms with Crippen LogP contribution in [-0.2, 0) is 13.5 Å². The molecule has 2 aromatic carbocycles. The highest BCUT2D eigenvalue weighted by atomic mass is 16.5. The number of aromatic nitrogens is 2. The number of aryl methyl sites for hydroxylation is 1. The third-order valence-electron chi connectivity index (χ3n) is 5.30. The molecule has 1 heterocycles. The lowest BCUT2D eigenvalue weighted by Gasteiger charge is -2.18. The van der Waals surface area contributed by atoms with Gasteiger partial charge in [0.05, 0.1) is 19.9 Å². The van der Waals surface area contributed by atoms with Crippen LogP contribution >= 0.6 is 0 Å². The fourth-order valence-corrected chi connectivity index (χ4v) is 3.57. The van der Waals surface area contributed by atoms with Crippen molar-refractivity contribution in [1.29, 1.82) is 0 Å². The number of benzene rings is 2. The largest absolute Gasteiger partial charge is 0.497 e. The van der Waals surface area contributed by atoms with Gasteiger partial charge in [-0.15, -0.1) is 0 Å². The Hall–Kier alpha value is -3.21. The molecule has 3 rings (SSSR count). The maximum Gasteiger partial charge on any atom is 0.200 e. The Morgan fingerprint density at radius 1 is 1.10 bits per heavy atom. The maximum atomic E-state index is 6.04. The zero-order chi connectivity index (χ0) is 21.5. The summed E-state index contributed by atoms with van der Waals surface area (Å²) >= 11 is 0. The van der Waals surface area contributed by atoms with Crippen LogP contribution in [0.2, 0.25) is 0 Å². The molecular weight excluding hydrogens is 374 g/mol. The minimum absolute atomic E-state index is 0.0446. The molecule has 0 amide bonds. The highest BCUT2D eigenvalue weighted by Gasteiger charge is 2.21. The summed E-state index contributed by atoms with van der Waals surface area (Å²) < 4.78 is 12.9. The molecule has 3 aromatic rings. The molecule has 30 heavy (non-hydrogen) atoms. The molecule has 0 aliphatic rings. The molecule has 1 unspecified atom stereocenters. The molecule has 0 fully saturated rings. The Kier molecular flexibility index (Phi) is 7.17. The smallest absolute Gasteiger partial charge is 0.200 e. The number of imidazole rings is 1. The lowest BCUT2D eigenvalue weighted by molar-refractivity contribution is 0.408. The zero-order valence-corrected chi connectivity index (χ0v) is 18.3. The van der Waals surface area contributed by atoms with Gasteiger partial charge in [-0.1, -0.05) is 43.7 Å². The molecule has 0 aliphatic carbocycles. The molecule has 0 bridgehead atoms. The molecule has 0 saturated heterocycles. The molecule has 0 aliphatic heterocycles. The van der Waals surface area contributed by atoms with Gasteiger partial charge in [-0.3, -0.25) is 0 Å². The van der Waals surface area contributed by atoms with Crippen LogP contribution in [0.3, 0.4) is 0 Å². The van der Waals surface area contributed by atoms with Crippen molar-refractivity contribution in [2.45, 2.75) is 32.1 Å². The number of rotatable bonds is 9. The lowest BCUT2D eigenvalue weighted by atomic mass is 9.88. The zero-order valence-electron chi connectivity index (χ0n) is 18.3. The van der Waals surface area contributed by atoms with E-state index < -0.39 is 0 Å². The topological polar surface area (TPSA) is 62.3 Å². The summed E-state index contributed by atoms with van der Waals surface area (Å²) in [5.41, 5.74) is 10.5. The molecule has 2 N–H and O–H groups in total. The minimum Gasteiger partial charge on any atom is -0.497 e. The van der Waals surface area contributed by atoms with Gasteiger partial charge in [-0.2, -0.15) is 0 Å². The summed E-state index contributed by atoms with van der Waals surface area (Å²) in [6, 6.07) is 14.5. The van der Waals surface area contributed by atoms with Crippen LogP contribution in [0.15, 0.2) is 54.7 Å². The molecule has 0 radical (unpaired) electrons. The van der Waals surface area contributed by atoms with E-state index in [-0.39, 0.29) is 5.92 Å². The van der Waals surface area contributed by atoms with Crippen molar-refractivity contribution < 1.29 is 9.47 Å². The third-order valence-corrected chi connectivity index (χ3v) is 5.30. The van der Waals surface area contributed by atoms with Crippen molar-refractivity contribution in [1.82, 2.24) is 9.55 Å². The van der Waals surface area contributed by atoms with Gasteiger partial charge in [0.1, 0.15) is 11.5 Å². The number of allylic oxidation sites excluding steroid dienone is 1. The van der Waals surface area contributed by atoms with Gasteiger partial charge < -0.3 is 19.8 Å². The molecule has 1 atom stereocenters. The van der Waals surface area contributed by atoms with Crippen molar-refractivity contribution in [3.8, 4) is 11.5 Å². The van der Waals surface area contributed by atoms with Crippen LogP contribution in [0, 0.1) is 0 Å². The van der Waals surface area contributed by atoms with E-state index in [1.165, 1.54) is 5.56 Å². The molecule has 0 spiro atoms. The normalized spacial score (nSPS) is 12.3. The molecule has 158 valence electrons. The number of ether oxygens (including phenoxy) is 2. The van der Waals surface area contributed by atoms with E-state index in [0.717, 1.165) is 47.6 Å². The summed E-state index contributed by atoms with van der Waals surface area (Å²) in [7, 11) is 5.30. The number of anilines is 1. The van der Waals surface area contributed by atoms with Crippen LogP contribution in [0.25, 0.3) is 6.08 Å². The number of hydrogen-bond donors (Lipinski definition) is 1. The third kappa shape index (κ3) is 5.03. The summed E-state index contributed by atoms with van der Waals surface area (Å²) in [6.07, 6.45) is 9.35. The second-order valence-electron chi connectivity index (χ2n) is 7.43. The highest BCUT2D eigenvalue weighted by Crippen LogP contribution is 2.33. The molecule has 5 nitrogen and oxygen atoms in total. The fraction of sp³-hybridized carbons (Fsp3) is 0.320. The van der Waals surface area contributed by atoms with Gasteiger partial charge in [-0.25, -0.2) is 4.98 Å². The number of nitrogens with zero attached hydrogens (tertiary/aromatic N) is 2. The standard InChI is InChI=1S/C25H31N3O2/c1-5-6-7-8-18-9-14-24(30-4)20(15-18)16-22(23-17-28(2)25(26)27-23)19-10-12-21(29-3)13-11-19/h7-15,17,22H,5-6,16H2,1-4H3,(H2,26,27). The summed E-state index contributed by atoms with van der Waals surface area (Å²) in [6.45, 7) is 2.18. The van der Waals surface area contributed by atoms with Gasteiger partial charge in [0, 0.05) is 19.2 Å². The minimum atomic E-state index is 0.0446. The Bertz CT molecular complexity index is 971. The van der Waals surface area contributed by atoms with E-state index >= 15 is 0 Å². The first-order chi connectivity index (χ1) is 14.5. The monoisotopic (exact) mass is 405 g/mol. The van der Waals surface area contributed by atoms with Crippen molar-refractivity contribution in [2.75, 3.05) is 20.0 Å². The first kappa shape index (κ1) is 21.5. The average molecular weight is 406 g/mol. The first-order valence-electron chi connectivity index (χ1n) is 10.3. The Labute approximate surface area is 179 Å². The highest BCUT2D eigenvalue weighted by molar-refractivity contribution is 5.54. The van der Waals surface area contributed by atoms with Crippen LogP contribution < -0.4 is 15.2 Å². The SMILES string of the molecule is CCCC=Cc1ccc(OC)c(CC(c2ccc(OC)cc2)c2cn(C)c(N)n2)c1. The Balaban J connectivity index is 2.00. The summed E-state index contributed by atoms with van der Waals surface area (Å²) in [4.78, 5) is 4.62. The van der Waals surface area contributed by atoms with E-state index in [1.54, 1.807) is 14.2 Å². The van der Waals surface area contributed by atoms with Crippen molar-refractivity contribution in [3.63, 3.8) is 0 Å². The van der Waals surface area contributed by atoms with Gasteiger partial charge >= 0.3 is 0 Å². The van der Waals surface area contributed by atoms with Crippen LogP contribution in [0.5, 0.6) is 11.5 Å². The van der Waals surface area contributed by atoms with Crippen LogP contribution in [-0.4, -0.2) is 23.8 Å². The predicted octanol–water partition coefficient (Wildman–Crippen LogP) is 5.21. The van der Waals surface area contributed by atoms with E-state index in [9.17, 15) is 0 Å². The van der Waals surface area contributed by atoms with Crippen LogP contribution in [0.1, 0.15) is 48.1 Å². The van der Waals surface area contributed by atoms with Crippen LogP contribution in [0.4, 0.5) is 5.95 Å². The van der Waals surface area contributed by atoms with Gasteiger partial charge in [0.2, 0.25) is 0 Å². The summed E-state index contributed by atoms with van der Waals surface area (Å²) in [5, 5.41) is 0. The number of unbranched alkanes of at least 4 members (excludes halogenated alkanes) is 1. The maximum absolute atomic E-state index is 6.04. The molecule has 1 aromatic heterocycles. The quantitative estimate of drug-likeness (QED) is 0.531. The van der Waals surface area contributed by atoms with Gasteiger partial charge in [0.15, 0.2) is 5.95 Å². The molecule has 0 saturated carbocycles. The van der Waals surface area contributed by atoms with E-state index in [0.29, 0.717) is 5.95 Å². The number of hydrogen-bond acceptors (Lipinski definition) is 4. The number of methoxy groups -OCH3 is 2. The predicted molar refractivity (Wildman–Crippen MR) is 123 cm³/mol. The number of nitrogen functional groups attached to an aromatic ring is 1. The van der Waals surface area contributed by atoms with Crippen molar-refractivity contribution in [3.05, 3.63) is 77.1 Å². The molecule has 5 heteroatoms. The number of nitrogens with two attached hydrogens (primary N) is 1. The van der Waals surface area contributed by atoms with E-state index in [1.807, 2.05) is 36.0 Å². The van der Waals surface area contributed by atoms with Crippen molar-refractivity contribution in [2.24, 2.45) is 7.05 Å². The lowest BCUT2D eigenvalue weighted by Crippen LogP contribution is -2.07. The second-order valence-corrected chi connectivity index (χ2v) is 7.43. The van der Waals surface area contributed by atoms with Gasteiger partial charge in [-0.05, 0) is 53.8 Å². The van der Waals surface area contributed by atoms with E-state index in [2.05, 4.69) is 48.3 Å². The van der Waals surface area contributed by atoms with Crippen molar-refractivity contribution >= 4 is 12.0 Å². The van der Waals surface area contributed by atoms with E-state index in [4.69, 9.17) is 15.2 Å². The molecular formula is C25H31N3O2. The Morgan fingerprint density at radius 2 is 1.87 bits per heavy atom. The fourth-order valence-electron chi connectivity index (χ4n) is 3.57. The summed E-state index contributed by atoms with van der Waals surface area (Å²) in [5.74, 6) is 2.26.